The number of carbonyl (C=O) groups excluding carboxylic acids is 2. The molecule has 0 aliphatic carbocycles. The monoisotopic (exact) mass is 188 g/mol. The van der Waals surface area contributed by atoms with Gasteiger partial charge in [-0.05, 0) is 6.54 Å². The van der Waals surface area contributed by atoms with Gasteiger partial charge in [0.2, 0.25) is 11.8 Å². The van der Waals surface area contributed by atoms with Gasteiger partial charge in [0.1, 0.15) is 0 Å². The van der Waals surface area contributed by atoms with Gasteiger partial charge in [-0.3, -0.25) is 14.5 Å². The molecule has 0 aromatic rings. The van der Waals surface area contributed by atoms with Crippen molar-refractivity contribution in [3.05, 3.63) is 0 Å². The van der Waals surface area contributed by atoms with Crippen LogP contribution in [0.4, 0.5) is 0 Å². The van der Waals surface area contributed by atoms with E-state index in [1.165, 1.54) is 0 Å². The molecule has 0 aromatic heterocycles. The first-order valence-electron chi connectivity index (χ1n) is 4.03. The van der Waals surface area contributed by atoms with E-state index in [1.54, 1.807) is 4.90 Å². The normalized spacial score (nSPS) is 12.8. The van der Waals surface area contributed by atoms with E-state index in [1.807, 2.05) is 6.92 Å². The molecule has 13 heavy (non-hydrogen) atoms. The van der Waals surface area contributed by atoms with Crippen molar-refractivity contribution in [3.8, 4) is 0 Å². The lowest BCUT2D eigenvalue weighted by molar-refractivity contribution is -0.122. The molecule has 0 fully saturated rings. The molecule has 0 spiro atoms. The summed E-state index contributed by atoms with van der Waals surface area (Å²) in [5.41, 5.74) is 15.3. The van der Waals surface area contributed by atoms with Gasteiger partial charge < -0.3 is 17.2 Å². The third-order valence-corrected chi connectivity index (χ3v) is 1.65. The number of nitrogens with two attached hydrogens (primary N) is 3. The average molecular weight is 188 g/mol. The van der Waals surface area contributed by atoms with E-state index in [0.29, 0.717) is 6.54 Å². The first-order valence-corrected chi connectivity index (χ1v) is 4.03. The molecule has 76 valence electrons. The van der Waals surface area contributed by atoms with Crippen molar-refractivity contribution in [2.75, 3.05) is 19.6 Å². The molecule has 0 rings (SSSR count). The number of nitrogens with zero attached hydrogens (tertiary/aromatic N) is 1. The lowest BCUT2D eigenvalue weighted by atomic mass is 10.2. The fraction of sp³-hybridized carbons (Fsp3) is 0.714. The summed E-state index contributed by atoms with van der Waals surface area (Å²) in [6.45, 7) is 2.80. The third-order valence-electron chi connectivity index (χ3n) is 1.65. The van der Waals surface area contributed by atoms with Crippen molar-refractivity contribution >= 4 is 11.8 Å². The maximum absolute atomic E-state index is 10.6. The fourth-order valence-electron chi connectivity index (χ4n) is 0.894. The maximum Gasteiger partial charge on any atom is 0.235 e. The molecular weight excluding hydrogens is 172 g/mol. The molecule has 6 nitrogen and oxygen atoms in total. The van der Waals surface area contributed by atoms with Crippen LogP contribution < -0.4 is 17.2 Å². The van der Waals surface area contributed by atoms with Gasteiger partial charge in [0, 0.05) is 6.54 Å². The predicted octanol–water partition coefficient (Wildman–Crippen LogP) is -2.39. The lowest BCUT2D eigenvalue weighted by Gasteiger charge is -2.20. The van der Waals surface area contributed by atoms with E-state index < -0.39 is 17.9 Å². The molecule has 2 amide bonds. The van der Waals surface area contributed by atoms with Crippen LogP contribution in [0, 0.1) is 0 Å². The molecule has 6 N–H and O–H groups in total. The molecule has 0 saturated carbocycles. The topological polar surface area (TPSA) is 115 Å². The molecule has 0 aliphatic heterocycles. The van der Waals surface area contributed by atoms with Crippen molar-refractivity contribution in [1.82, 2.24) is 4.90 Å². The van der Waals surface area contributed by atoms with Crippen LogP contribution in [0.25, 0.3) is 0 Å². The average Bonchev–Trinajstić information content (AvgIpc) is 2.02. The zero-order valence-electron chi connectivity index (χ0n) is 7.69. The summed E-state index contributed by atoms with van der Waals surface area (Å²) in [4.78, 5) is 22.8. The molecule has 1 atom stereocenters. The number of amides is 2. The SMILES string of the molecule is CCN(CC(N)=O)CC(N)C(N)=O. The Bertz CT molecular complexity index is 195. The summed E-state index contributed by atoms with van der Waals surface area (Å²) in [6.07, 6.45) is 0. The van der Waals surface area contributed by atoms with E-state index in [0.717, 1.165) is 0 Å². The van der Waals surface area contributed by atoms with Crippen LogP contribution in [0.1, 0.15) is 6.92 Å². The van der Waals surface area contributed by atoms with Crippen LogP contribution in [0.5, 0.6) is 0 Å². The lowest BCUT2D eigenvalue weighted by Crippen LogP contribution is -2.47. The van der Waals surface area contributed by atoms with Gasteiger partial charge in [-0.2, -0.15) is 0 Å². The highest BCUT2D eigenvalue weighted by molar-refractivity contribution is 5.80. The van der Waals surface area contributed by atoms with Crippen molar-refractivity contribution in [2.24, 2.45) is 17.2 Å². The molecule has 0 heterocycles. The summed E-state index contributed by atoms with van der Waals surface area (Å²) in [6, 6.07) is -0.751. The summed E-state index contributed by atoms with van der Waals surface area (Å²) in [7, 11) is 0. The van der Waals surface area contributed by atoms with Crippen LogP contribution in [-0.2, 0) is 9.59 Å². The van der Waals surface area contributed by atoms with Gasteiger partial charge in [-0.25, -0.2) is 0 Å². The third kappa shape index (κ3) is 5.15. The number of rotatable bonds is 6. The standard InChI is InChI=1S/C7H16N4O2/c1-2-11(4-6(9)12)3-5(8)7(10)13/h5H,2-4,8H2,1H3,(H2,9,12)(H2,10,13). The summed E-state index contributed by atoms with van der Waals surface area (Å²) < 4.78 is 0. The van der Waals surface area contributed by atoms with Gasteiger partial charge in [0.05, 0.1) is 12.6 Å². The van der Waals surface area contributed by atoms with Crippen LogP contribution in [0.15, 0.2) is 0 Å². The second kappa shape index (κ2) is 5.50. The molecule has 0 aromatic carbocycles. The summed E-state index contributed by atoms with van der Waals surface area (Å²) >= 11 is 0. The van der Waals surface area contributed by atoms with Crippen LogP contribution in [0.2, 0.25) is 0 Å². The van der Waals surface area contributed by atoms with Crippen LogP contribution >= 0.6 is 0 Å². The van der Waals surface area contributed by atoms with Crippen LogP contribution in [-0.4, -0.2) is 42.4 Å². The summed E-state index contributed by atoms with van der Waals surface area (Å²) in [5, 5.41) is 0. The Morgan fingerprint density at radius 1 is 1.38 bits per heavy atom. The minimum Gasteiger partial charge on any atom is -0.369 e. The molecule has 0 bridgehead atoms. The molecule has 6 heteroatoms. The Kier molecular flexibility index (Phi) is 5.01. The van der Waals surface area contributed by atoms with Gasteiger partial charge in [0.25, 0.3) is 0 Å². The van der Waals surface area contributed by atoms with Gasteiger partial charge in [-0.15, -0.1) is 0 Å². The van der Waals surface area contributed by atoms with Crippen molar-refractivity contribution < 1.29 is 9.59 Å². The minimum atomic E-state index is -0.751. The molecular formula is C7H16N4O2. The highest BCUT2D eigenvalue weighted by Gasteiger charge is 2.14. The fourth-order valence-corrected chi connectivity index (χ4v) is 0.894. The second-order valence-corrected chi connectivity index (χ2v) is 2.80. The van der Waals surface area contributed by atoms with Gasteiger partial charge >= 0.3 is 0 Å². The number of hydrogen-bond acceptors (Lipinski definition) is 4. The van der Waals surface area contributed by atoms with E-state index in [4.69, 9.17) is 17.2 Å². The number of hydrogen-bond donors (Lipinski definition) is 3. The number of carbonyl (C=O) groups is 2. The maximum atomic E-state index is 10.6. The number of primary amides is 2. The first kappa shape index (κ1) is 11.9. The van der Waals surface area contributed by atoms with Gasteiger partial charge in [-0.1, -0.05) is 6.92 Å². The molecule has 0 aliphatic rings. The zero-order valence-corrected chi connectivity index (χ0v) is 7.69. The smallest absolute Gasteiger partial charge is 0.235 e. The van der Waals surface area contributed by atoms with Crippen molar-refractivity contribution in [1.29, 1.82) is 0 Å². The van der Waals surface area contributed by atoms with E-state index in [2.05, 4.69) is 0 Å². The Morgan fingerprint density at radius 2 is 1.92 bits per heavy atom. The van der Waals surface area contributed by atoms with E-state index in [9.17, 15) is 9.59 Å². The van der Waals surface area contributed by atoms with E-state index >= 15 is 0 Å². The highest BCUT2D eigenvalue weighted by Crippen LogP contribution is 1.89. The predicted molar refractivity (Wildman–Crippen MR) is 48.5 cm³/mol. The highest BCUT2D eigenvalue weighted by atomic mass is 16.1. The molecule has 1 unspecified atom stereocenters. The van der Waals surface area contributed by atoms with Crippen LogP contribution in [0.3, 0.4) is 0 Å². The van der Waals surface area contributed by atoms with Crippen molar-refractivity contribution in [2.45, 2.75) is 13.0 Å². The Balaban J connectivity index is 3.97. The second-order valence-electron chi connectivity index (χ2n) is 2.80. The number of likely N-dealkylation sites (N-methyl/N-ethyl adjacent to an activating group) is 1. The largest absolute Gasteiger partial charge is 0.369 e. The molecule has 0 radical (unpaired) electrons. The Morgan fingerprint density at radius 3 is 2.23 bits per heavy atom. The summed E-state index contributed by atoms with van der Waals surface area (Å²) in [5.74, 6) is -1.03. The minimum absolute atomic E-state index is 0.0947. The Labute approximate surface area is 77.0 Å². The van der Waals surface area contributed by atoms with E-state index in [-0.39, 0.29) is 13.1 Å². The first-order chi connectivity index (χ1) is 5.97. The van der Waals surface area contributed by atoms with Crippen molar-refractivity contribution in [3.63, 3.8) is 0 Å². The van der Waals surface area contributed by atoms with Gasteiger partial charge in [0.15, 0.2) is 0 Å². The Hall–Kier alpha value is -1.14. The quantitative estimate of drug-likeness (QED) is 0.431. The zero-order chi connectivity index (χ0) is 10.4. The molecule has 0 saturated heterocycles.